The molecule has 694 valence electrons. The standard InChI is InChI=1S/C109H210O8/c1-4-7-10-13-16-19-22-25-28-31-34-37-40-47-52-57-62-67-72-77-82-87-92-97-105(110)114-100-109(101-115-106(111)98-93-88-83-78-73-68-63-58-53-48-41-38-35-32-29-26-23-20-17-14-11-8-5-2,102-116-107(112)99-94-89-84-79-74-69-64-59-54-49-42-39-36-33-30-27-24-21-18-15-12-9-6-3)103-117-108(113)104-95-90-85-80-75-70-65-60-55-50-45-43-44-46-51-56-61-66-71-76-81-86-91-96-104/h104H,4-103H2,1-3H3. The van der Waals surface area contributed by atoms with Crippen LogP contribution in [0.3, 0.4) is 0 Å². The highest BCUT2D eigenvalue weighted by atomic mass is 16.6. The lowest BCUT2D eigenvalue weighted by atomic mass is 9.91. The zero-order valence-electron chi connectivity index (χ0n) is 80.1. The van der Waals surface area contributed by atoms with Gasteiger partial charge in [-0.05, 0) is 32.1 Å². The van der Waals surface area contributed by atoms with E-state index in [1.54, 1.807) is 0 Å². The molecule has 1 aliphatic rings. The number of rotatable bonds is 81. The maximum absolute atomic E-state index is 14.7. The Hall–Kier alpha value is -2.12. The van der Waals surface area contributed by atoms with E-state index in [0.717, 1.165) is 96.3 Å². The summed E-state index contributed by atoms with van der Waals surface area (Å²) in [7, 11) is 0. The minimum atomic E-state index is -1.23. The van der Waals surface area contributed by atoms with Gasteiger partial charge in [-0.1, -0.05) is 586 Å². The Morgan fingerprint density at radius 3 is 0.462 bits per heavy atom. The van der Waals surface area contributed by atoms with Gasteiger partial charge in [0.1, 0.15) is 31.8 Å². The predicted molar refractivity (Wildman–Crippen MR) is 510 cm³/mol. The molecule has 0 aromatic carbocycles. The van der Waals surface area contributed by atoms with Gasteiger partial charge in [0.2, 0.25) is 0 Å². The van der Waals surface area contributed by atoms with E-state index >= 15 is 0 Å². The Kier molecular flexibility index (Phi) is 92.7. The Labute approximate surface area is 732 Å². The van der Waals surface area contributed by atoms with Gasteiger partial charge in [-0.25, -0.2) is 0 Å². The van der Waals surface area contributed by atoms with Gasteiger partial charge in [-0.2, -0.15) is 0 Å². The van der Waals surface area contributed by atoms with Crippen molar-refractivity contribution in [1.29, 1.82) is 0 Å². The minimum Gasteiger partial charge on any atom is -0.465 e. The van der Waals surface area contributed by atoms with Crippen molar-refractivity contribution < 1.29 is 38.1 Å². The normalized spacial score (nSPS) is 14.6. The van der Waals surface area contributed by atoms with Crippen molar-refractivity contribution in [3.8, 4) is 0 Å². The van der Waals surface area contributed by atoms with E-state index in [1.165, 1.54) is 501 Å². The molecule has 8 heteroatoms. The molecule has 0 atom stereocenters. The molecule has 0 spiro atoms. The highest BCUT2D eigenvalue weighted by Gasteiger charge is 2.39. The molecule has 0 bridgehead atoms. The van der Waals surface area contributed by atoms with Crippen LogP contribution in [0.5, 0.6) is 0 Å². The van der Waals surface area contributed by atoms with Crippen molar-refractivity contribution in [2.75, 3.05) is 26.4 Å². The average molecular weight is 1650 g/mol. The molecule has 0 saturated heterocycles. The summed E-state index contributed by atoms with van der Waals surface area (Å²) in [6.07, 6.45) is 122. The summed E-state index contributed by atoms with van der Waals surface area (Å²) in [5.74, 6) is -1.36. The van der Waals surface area contributed by atoms with Gasteiger partial charge in [0.15, 0.2) is 0 Å². The van der Waals surface area contributed by atoms with Crippen LogP contribution in [0.15, 0.2) is 0 Å². The number of hydrogen-bond donors (Lipinski definition) is 0. The topological polar surface area (TPSA) is 105 Å². The van der Waals surface area contributed by atoms with Crippen LogP contribution in [0.25, 0.3) is 0 Å². The molecule has 0 unspecified atom stereocenters. The summed E-state index contributed by atoms with van der Waals surface area (Å²) in [5, 5.41) is 0. The van der Waals surface area contributed by atoms with E-state index < -0.39 is 5.41 Å². The number of ether oxygens (including phenoxy) is 4. The lowest BCUT2D eigenvalue weighted by molar-refractivity contribution is -0.172. The molecule has 0 aliphatic heterocycles. The van der Waals surface area contributed by atoms with Crippen LogP contribution in [0, 0.1) is 11.3 Å². The second kappa shape index (κ2) is 96.1. The molecule has 0 aromatic rings. The first-order chi connectivity index (χ1) is 57.9. The molecule has 1 rings (SSSR count). The average Bonchev–Trinajstić information content (AvgIpc) is 0.848. The Balaban J connectivity index is 2.98. The molecule has 8 nitrogen and oxygen atoms in total. The number of carbonyl (C=O) groups is 4. The van der Waals surface area contributed by atoms with E-state index in [0.29, 0.717) is 19.3 Å². The molecule has 0 radical (unpaired) electrons. The maximum atomic E-state index is 14.7. The van der Waals surface area contributed by atoms with Crippen LogP contribution in [-0.4, -0.2) is 50.3 Å². The summed E-state index contributed by atoms with van der Waals surface area (Å²) in [6, 6.07) is 0. The monoisotopic (exact) mass is 1650 g/mol. The summed E-state index contributed by atoms with van der Waals surface area (Å²) in [5.41, 5.74) is -1.23. The van der Waals surface area contributed by atoms with Crippen LogP contribution >= 0.6 is 0 Å². The third-order valence-electron chi connectivity index (χ3n) is 26.8. The van der Waals surface area contributed by atoms with Gasteiger partial charge in [-0.15, -0.1) is 0 Å². The fourth-order valence-corrected chi connectivity index (χ4v) is 18.4. The number of unbranched alkanes of at least 4 members (excludes halogenated alkanes) is 66. The van der Waals surface area contributed by atoms with Crippen LogP contribution in [0.1, 0.15) is 637 Å². The minimum absolute atomic E-state index is 0.144. The smallest absolute Gasteiger partial charge is 0.308 e. The summed E-state index contributed by atoms with van der Waals surface area (Å²) in [6.45, 7) is 6.31. The first kappa shape index (κ1) is 113. The van der Waals surface area contributed by atoms with Gasteiger partial charge in [0.25, 0.3) is 0 Å². The number of hydrogen-bond acceptors (Lipinski definition) is 8. The quantitative estimate of drug-likeness (QED) is 0.0337. The van der Waals surface area contributed by atoms with E-state index in [1.807, 2.05) is 0 Å². The predicted octanol–water partition coefficient (Wildman–Crippen LogP) is 37.3. The van der Waals surface area contributed by atoms with E-state index in [4.69, 9.17) is 18.9 Å². The van der Waals surface area contributed by atoms with Crippen molar-refractivity contribution in [2.45, 2.75) is 637 Å². The molecule has 0 heterocycles. The Morgan fingerprint density at radius 1 is 0.179 bits per heavy atom. The fraction of sp³-hybridized carbons (Fsp3) is 0.963. The summed E-state index contributed by atoms with van der Waals surface area (Å²) in [4.78, 5) is 56.3. The molecule has 1 aliphatic carbocycles. The molecular weight excluding hydrogens is 1440 g/mol. The van der Waals surface area contributed by atoms with E-state index in [9.17, 15) is 19.2 Å². The van der Waals surface area contributed by atoms with Gasteiger partial charge in [-0.3, -0.25) is 19.2 Å². The van der Waals surface area contributed by atoms with Crippen LogP contribution in [0.2, 0.25) is 0 Å². The Morgan fingerprint density at radius 2 is 0.308 bits per heavy atom. The first-order valence-corrected chi connectivity index (χ1v) is 54.5. The van der Waals surface area contributed by atoms with E-state index in [-0.39, 0.29) is 56.2 Å². The van der Waals surface area contributed by atoms with Gasteiger partial charge in [0, 0.05) is 19.3 Å². The summed E-state index contributed by atoms with van der Waals surface area (Å²) < 4.78 is 25.1. The van der Waals surface area contributed by atoms with Crippen molar-refractivity contribution in [3.63, 3.8) is 0 Å². The van der Waals surface area contributed by atoms with Gasteiger partial charge < -0.3 is 18.9 Å². The zero-order valence-corrected chi connectivity index (χ0v) is 80.1. The van der Waals surface area contributed by atoms with Gasteiger partial charge in [0.05, 0.1) is 5.92 Å². The summed E-state index contributed by atoms with van der Waals surface area (Å²) >= 11 is 0. The molecule has 1 saturated carbocycles. The molecule has 0 N–H and O–H groups in total. The van der Waals surface area contributed by atoms with Crippen molar-refractivity contribution in [1.82, 2.24) is 0 Å². The highest BCUT2D eigenvalue weighted by Crippen LogP contribution is 2.29. The third kappa shape index (κ3) is 87.2. The second-order valence-corrected chi connectivity index (χ2v) is 38.7. The lowest BCUT2D eigenvalue weighted by Crippen LogP contribution is -2.44. The fourth-order valence-electron chi connectivity index (χ4n) is 18.4. The Bertz CT molecular complexity index is 1780. The molecule has 1 fully saturated rings. The van der Waals surface area contributed by atoms with Crippen LogP contribution in [-0.2, 0) is 38.1 Å². The molecular formula is C109H210O8. The number of esters is 4. The molecule has 0 aromatic heterocycles. The van der Waals surface area contributed by atoms with E-state index in [2.05, 4.69) is 20.8 Å². The third-order valence-corrected chi connectivity index (χ3v) is 26.8. The highest BCUT2D eigenvalue weighted by molar-refractivity contribution is 5.73. The molecule has 117 heavy (non-hydrogen) atoms. The second-order valence-electron chi connectivity index (χ2n) is 38.7. The van der Waals surface area contributed by atoms with Crippen molar-refractivity contribution in [2.24, 2.45) is 11.3 Å². The van der Waals surface area contributed by atoms with Crippen molar-refractivity contribution >= 4 is 23.9 Å². The van der Waals surface area contributed by atoms with Crippen LogP contribution < -0.4 is 0 Å². The maximum Gasteiger partial charge on any atom is 0.308 e. The largest absolute Gasteiger partial charge is 0.465 e. The zero-order chi connectivity index (χ0) is 83.9. The first-order valence-electron chi connectivity index (χ1n) is 54.5. The molecule has 0 amide bonds. The van der Waals surface area contributed by atoms with Crippen LogP contribution in [0.4, 0.5) is 0 Å². The van der Waals surface area contributed by atoms with Crippen molar-refractivity contribution in [3.05, 3.63) is 0 Å². The SMILES string of the molecule is CCCCCCCCCCCCCCCCCCCCCCCCCC(=O)OCC(COC(=O)CCCCCCCCCCCCCCCCCCCCCCCCC)(COC(=O)CCCCCCCCCCCCCCCCCCCCCCCCC)COC(=O)C1CCCCCCCCCCCCCCCCCCCCCCCC1. The number of carbonyl (C=O) groups excluding carboxylic acids is 4. The lowest BCUT2D eigenvalue weighted by Gasteiger charge is -2.32. The van der Waals surface area contributed by atoms with Gasteiger partial charge >= 0.3 is 23.9 Å².